The van der Waals surface area contributed by atoms with E-state index >= 15 is 0 Å². The molecule has 1 saturated heterocycles. The zero-order valence-electron chi connectivity index (χ0n) is 11.4. The van der Waals surface area contributed by atoms with Crippen LogP contribution in [0.3, 0.4) is 0 Å². The van der Waals surface area contributed by atoms with Crippen molar-refractivity contribution in [2.45, 2.75) is 51.2 Å². The van der Waals surface area contributed by atoms with E-state index in [1.54, 1.807) is 0 Å². The molecule has 1 aliphatic heterocycles. The minimum atomic E-state index is 0.0722. The molecule has 16 heavy (non-hydrogen) atoms. The van der Waals surface area contributed by atoms with E-state index in [1.165, 1.54) is 32.2 Å². The Labute approximate surface area is 101 Å². The molecule has 0 radical (unpaired) electrons. The second kappa shape index (κ2) is 6.58. The van der Waals surface area contributed by atoms with Crippen molar-refractivity contribution in [3.8, 4) is 0 Å². The van der Waals surface area contributed by atoms with Gasteiger partial charge in [-0.1, -0.05) is 13.3 Å². The Morgan fingerprint density at radius 1 is 1.50 bits per heavy atom. The van der Waals surface area contributed by atoms with E-state index in [0.717, 1.165) is 13.1 Å². The van der Waals surface area contributed by atoms with E-state index in [1.807, 2.05) is 7.11 Å². The van der Waals surface area contributed by atoms with Crippen LogP contribution in [0.5, 0.6) is 0 Å². The standard InChI is InChI=1S/C13H28N2O/c1-5-7-12(14-3)10-15-9-6-8-13(2,11-15)16-4/h12,14H,5-11H2,1-4H3. The highest BCUT2D eigenvalue weighted by atomic mass is 16.5. The number of hydrogen-bond acceptors (Lipinski definition) is 3. The van der Waals surface area contributed by atoms with Gasteiger partial charge in [0.25, 0.3) is 0 Å². The number of hydrogen-bond donors (Lipinski definition) is 1. The number of likely N-dealkylation sites (N-methyl/N-ethyl adjacent to an activating group) is 1. The Balaban J connectivity index is 2.41. The van der Waals surface area contributed by atoms with Gasteiger partial charge in [0, 0.05) is 26.2 Å². The van der Waals surface area contributed by atoms with Crippen LogP contribution in [-0.2, 0) is 4.74 Å². The predicted octanol–water partition coefficient (Wildman–Crippen LogP) is 1.88. The van der Waals surface area contributed by atoms with Crippen molar-refractivity contribution in [2.75, 3.05) is 33.8 Å². The molecule has 3 nitrogen and oxygen atoms in total. The molecule has 1 rings (SSSR count). The summed E-state index contributed by atoms with van der Waals surface area (Å²) in [7, 11) is 3.91. The first-order valence-corrected chi connectivity index (χ1v) is 6.58. The normalized spacial score (nSPS) is 29.2. The van der Waals surface area contributed by atoms with Gasteiger partial charge in [-0.25, -0.2) is 0 Å². The lowest BCUT2D eigenvalue weighted by atomic mass is 9.94. The topological polar surface area (TPSA) is 24.5 Å². The van der Waals surface area contributed by atoms with Crippen molar-refractivity contribution in [2.24, 2.45) is 0 Å². The average Bonchev–Trinajstić information content (AvgIpc) is 2.29. The van der Waals surface area contributed by atoms with E-state index in [-0.39, 0.29) is 5.60 Å². The zero-order valence-corrected chi connectivity index (χ0v) is 11.4. The van der Waals surface area contributed by atoms with E-state index in [0.29, 0.717) is 6.04 Å². The van der Waals surface area contributed by atoms with Gasteiger partial charge >= 0.3 is 0 Å². The summed E-state index contributed by atoms with van der Waals surface area (Å²) in [5.74, 6) is 0. The second-order valence-electron chi connectivity index (χ2n) is 5.27. The average molecular weight is 228 g/mol. The summed E-state index contributed by atoms with van der Waals surface area (Å²) in [5.41, 5.74) is 0.0722. The fourth-order valence-electron chi connectivity index (χ4n) is 2.62. The first kappa shape index (κ1) is 13.9. The van der Waals surface area contributed by atoms with E-state index in [2.05, 4.69) is 31.1 Å². The van der Waals surface area contributed by atoms with Gasteiger partial charge < -0.3 is 10.1 Å². The predicted molar refractivity (Wildman–Crippen MR) is 68.8 cm³/mol. The molecule has 96 valence electrons. The fraction of sp³-hybridized carbons (Fsp3) is 1.00. The summed E-state index contributed by atoms with van der Waals surface area (Å²) in [6, 6.07) is 0.629. The summed E-state index contributed by atoms with van der Waals surface area (Å²) in [6.45, 7) is 7.93. The number of likely N-dealkylation sites (tertiary alicyclic amines) is 1. The molecular weight excluding hydrogens is 200 g/mol. The summed E-state index contributed by atoms with van der Waals surface area (Å²) >= 11 is 0. The molecule has 0 aromatic rings. The maximum Gasteiger partial charge on any atom is 0.0777 e. The Kier molecular flexibility index (Phi) is 5.73. The number of piperidine rings is 1. The van der Waals surface area contributed by atoms with Crippen LogP contribution in [0, 0.1) is 0 Å². The molecule has 1 fully saturated rings. The van der Waals surface area contributed by atoms with Crippen LogP contribution in [0.4, 0.5) is 0 Å². The zero-order chi connectivity index (χ0) is 12.0. The van der Waals surface area contributed by atoms with Crippen molar-refractivity contribution in [1.82, 2.24) is 10.2 Å². The molecule has 2 unspecified atom stereocenters. The van der Waals surface area contributed by atoms with Crippen molar-refractivity contribution < 1.29 is 4.74 Å². The third kappa shape index (κ3) is 4.04. The number of nitrogens with zero attached hydrogens (tertiary/aromatic N) is 1. The smallest absolute Gasteiger partial charge is 0.0777 e. The monoisotopic (exact) mass is 228 g/mol. The molecule has 1 aliphatic rings. The first-order valence-electron chi connectivity index (χ1n) is 6.58. The summed E-state index contributed by atoms with van der Waals surface area (Å²) < 4.78 is 5.62. The third-order valence-corrected chi connectivity index (χ3v) is 3.75. The van der Waals surface area contributed by atoms with Crippen LogP contribution in [0.25, 0.3) is 0 Å². The molecule has 1 heterocycles. The Morgan fingerprint density at radius 3 is 2.81 bits per heavy atom. The molecule has 0 aromatic carbocycles. The lowest BCUT2D eigenvalue weighted by molar-refractivity contribution is -0.0523. The van der Waals surface area contributed by atoms with Crippen molar-refractivity contribution >= 4 is 0 Å². The number of nitrogens with one attached hydrogen (secondary N) is 1. The Hall–Kier alpha value is -0.120. The highest BCUT2D eigenvalue weighted by Crippen LogP contribution is 2.23. The molecule has 0 spiro atoms. The van der Waals surface area contributed by atoms with Gasteiger partial charge in [-0.05, 0) is 39.8 Å². The third-order valence-electron chi connectivity index (χ3n) is 3.75. The number of methoxy groups -OCH3 is 1. The van der Waals surface area contributed by atoms with Crippen molar-refractivity contribution in [3.05, 3.63) is 0 Å². The summed E-state index contributed by atoms with van der Waals surface area (Å²) in [5, 5.41) is 3.41. The molecule has 0 saturated carbocycles. The SMILES string of the molecule is CCCC(CN1CCCC(C)(OC)C1)NC. The molecule has 0 bridgehead atoms. The Bertz CT molecular complexity index is 198. The van der Waals surface area contributed by atoms with E-state index in [4.69, 9.17) is 4.74 Å². The minimum absolute atomic E-state index is 0.0722. The fourth-order valence-corrected chi connectivity index (χ4v) is 2.62. The van der Waals surface area contributed by atoms with Gasteiger partial charge in [0.05, 0.1) is 5.60 Å². The van der Waals surface area contributed by atoms with Crippen LogP contribution in [-0.4, -0.2) is 50.3 Å². The van der Waals surface area contributed by atoms with Crippen LogP contribution < -0.4 is 5.32 Å². The first-order chi connectivity index (χ1) is 7.63. The lowest BCUT2D eigenvalue weighted by Crippen LogP contribution is -2.51. The van der Waals surface area contributed by atoms with Crippen LogP contribution in [0.15, 0.2) is 0 Å². The summed E-state index contributed by atoms with van der Waals surface area (Å²) in [6.07, 6.45) is 4.96. The van der Waals surface area contributed by atoms with Gasteiger partial charge in [0.2, 0.25) is 0 Å². The molecule has 1 N–H and O–H groups in total. The van der Waals surface area contributed by atoms with Gasteiger partial charge in [0.1, 0.15) is 0 Å². The number of ether oxygens (including phenoxy) is 1. The molecule has 0 aromatic heterocycles. The maximum absolute atomic E-state index is 5.62. The maximum atomic E-state index is 5.62. The van der Waals surface area contributed by atoms with Crippen LogP contribution in [0.1, 0.15) is 39.5 Å². The molecule has 3 heteroatoms. The van der Waals surface area contributed by atoms with E-state index < -0.39 is 0 Å². The van der Waals surface area contributed by atoms with Crippen molar-refractivity contribution in [3.63, 3.8) is 0 Å². The van der Waals surface area contributed by atoms with Gasteiger partial charge in [-0.2, -0.15) is 0 Å². The lowest BCUT2D eigenvalue weighted by Gasteiger charge is -2.40. The largest absolute Gasteiger partial charge is 0.377 e. The van der Waals surface area contributed by atoms with Gasteiger partial charge in [-0.3, -0.25) is 4.90 Å². The van der Waals surface area contributed by atoms with Gasteiger partial charge in [-0.15, -0.1) is 0 Å². The van der Waals surface area contributed by atoms with Crippen molar-refractivity contribution in [1.29, 1.82) is 0 Å². The Morgan fingerprint density at radius 2 is 2.25 bits per heavy atom. The minimum Gasteiger partial charge on any atom is -0.377 e. The molecule has 0 aliphatic carbocycles. The van der Waals surface area contributed by atoms with Crippen LogP contribution in [0.2, 0.25) is 0 Å². The molecular formula is C13H28N2O. The highest BCUT2D eigenvalue weighted by molar-refractivity contribution is 4.86. The highest BCUT2D eigenvalue weighted by Gasteiger charge is 2.31. The quantitative estimate of drug-likeness (QED) is 0.751. The molecule has 2 atom stereocenters. The summed E-state index contributed by atoms with van der Waals surface area (Å²) in [4.78, 5) is 2.55. The van der Waals surface area contributed by atoms with Gasteiger partial charge in [0.15, 0.2) is 0 Å². The molecule has 0 amide bonds. The number of rotatable bonds is 6. The second-order valence-corrected chi connectivity index (χ2v) is 5.27. The van der Waals surface area contributed by atoms with Crippen LogP contribution >= 0.6 is 0 Å². The van der Waals surface area contributed by atoms with E-state index in [9.17, 15) is 0 Å².